The monoisotopic (exact) mass is 150 g/mol. The summed E-state index contributed by atoms with van der Waals surface area (Å²) in [5.74, 6) is 0.319. The molecule has 0 amide bonds. The van der Waals surface area contributed by atoms with Crippen molar-refractivity contribution in [2.45, 2.75) is 18.9 Å². The Hall–Kier alpha value is -1.02. The highest BCUT2D eigenvalue weighted by Gasteiger charge is 2.21. The summed E-state index contributed by atoms with van der Waals surface area (Å²) in [7, 11) is 0. The lowest BCUT2D eigenvalue weighted by molar-refractivity contribution is 0.186. The Kier molecular flexibility index (Phi) is 1.36. The highest BCUT2D eigenvalue weighted by Crippen LogP contribution is 2.29. The minimum absolute atomic E-state index is 0.293. The van der Waals surface area contributed by atoms with Gasteiger partial charge in [-0.3, -0.25) is 0 Å². The zero-order chi connectivity index (χ0) is 7.84. The Balaban J connectivity index is 2.49. The van der Waals surface area contributed by atoms with Crippen molar-refractivity contribution in [2.75, 3.05) is 0 Å². The number of phenols is 1. The molecule has 0 bridgehead atoms. The molecule has 58 valence electrons. The van der Waals surface area contributed by atoms with Crippen LogP contribution in [0.25, 0.3) is 0 Å². The summed E-state index contributed by atoms with van der Waals surface area (Å²) < 4.78 is 0. The summed E-state index contributed by atoms with van der Waals surface area (Å²) in [5.41, 5.74) is 2.00. The first-order valence-electron chi connectivity index (χ1n) is 3.75. The SMILES string of the molecule is Oc1cccc2c1CC(O)C2. The van der Waals surface area contributed by atoms with Crippen molar-refractivity contribution in [2.24, 2.45) is 0 Å². The summed E-state index contributed by atoms with van der Waals surface area (Å²) in [4.78, 5) is 0. The Labute approximate surface area is 65.1 Å². The van der Waals surface area contributed by atoms with Gasteiger partial charge in [0.2, 0.25) is 0 Å². The van der Waals surface area contributed by atoms with Crippen LogP contribution >= 0.6 is 0 Å². The van der Waals surface area contributed by atoms with Crippen LogP contribution in [0.15, 0.2) is 18.2 Å². The van der Waals surface area contributed by atoms with Gasteiger partial charge in [-0.25, -0.2) is 0 Å². The lowest BCUT2D eigenvalue weighted by Crippen LogP contribution is -2.03. The molecule has 1 aromatic rings. The third-order valence-corrected chi connectivity index (χ3v) is 2.14. The maximum absolute atomic E-state index is 9.34. The number of fused-ring (bicyclic) bond motifs is 1. The second kappa shape index (κ2) is 2.24. The molecule has 2 nitrogen and oxygen atoms in total. The standard InChI is InChI=1S/C9H10O2/c10-7-4-6-2-1-3-9(11)8(6)5-7/h1-3,7,10-11H,4-5H2. The Bertz CT molecular complexity index is 281. The quantitative estimate of drug-likeness (QED) is 0.575. The van der Waals surface area contributed by atoms with Crippen LogP contribution in [0.5, 0.6) is 5.75 Å². The summed E-state index contributed by atoms with van der Waals surface area (Å²) >= 11 is 0. The van der Waals surface area contributed by atoms with E-state index in [1.165, 1.54) is 0 Å². The molecule has 1 aliphatic carbocycles. The first-order chi connectivity index (χ1) is 5.27. The fourth-order valence-corrected chi connectivity index (χ4v) is 1.61. The van der Waals surface area contributed by atoms with Crippen molar-refractivity contribution in [1.29, 1.82) is 0 Å². The highest BCUT2D eigenvalue weighted by atomic mass is 16.3. The molecule has 0 fully saturated rings. The summed E-state index contributed by atoms with van der Waals surface area (Å²) in [6.45, 7) is 0. The zero-order valence-corrected chi connectivity index (χ0v) is 6.12. The molecule has 11 heavy (non-hydrogen) atoms. The maximum atomic E-state index is 9.34. The molecule has 1 unspecified atom stereocenters. The van der Waals surface area contributed by atoms with E-state index in [1.807, 2.05) is 12.1 Å². The van der Waals surface area contributed by atoms with Crippen LogP contribution in [-0.4, -0.2) is 16.3 Å². The van der Waals surface area contributed by atoms with E-state index >= 15 is 0 Å². The minimum Gasteiger partial charge on any atom is -0.508 e. The van der Waals surface area contributed by atoms with Crippen molar-refractivity contribution in [3.63, 3.8) is 0 Å². The number of rotatable bonds is 0. The molecular formula is C9H10O2. The normalized spacial score (nSPS) is 21.7. The number of aliphatic hydroxyl groups excluding tert-OH is 1. The van der Waals surface area contributed by atoms with Crippen molar-refractivity contribution in [3.8, 4) is 5.75 Å². The molecule has 0 saturated heterocycles. The van der Waals surface area contributed by atoms with Gasteiger partial charge < -0.3 is 10.2 Å². The molecule has 1 atom stereocenters. The molecule has 0 aromatic heterocycles. The second-order valence-electron chi connectivity index (χ2n) is 2.98. The molecule has 0 radical (unpaired) electrons. The van der Waals surface area contributed by atoms with Gasteiger partial charge in [0.1, 0.15) is 5.75 Å². The largest absolute Gasteiger partial charge is 0.508 e. The van der Waals surface area contributed by atoms with Crippen LogP contribution in [-0.2, 0) is 12.8 Å². The molecule has 0 heterocycles. The average molecular weight is 150 g/mol. The molecule has 0 aliphatic heterocycles. The minimum atomic E-state index is -0.293. The molecule has 0 saturated carbocycles. The molecular weight excluding hydrogens is 140 g/mol. The van der Waals surface area contributed by atoms with E-state index in [4.69, 9.17) is 0 Å². The topological polar surface area (TPSA) is 40.5 Å². The molecule has 1 aliphatic rings. The van der Waals surface area contributed by atoms with Gasteiger partial charge in [0.25, 0.3) is 0 Å². The number of hydrogen-bond acceptors (Lipinski definition) is 2. The summed E-state index contributed by atoms with van der Waals surface area (Å²) in [6, 6.07) is 5.42. The van der Waals surface area contributed by atoms with Crippen LogP contribution < -0.4 is 0 Å². The van der Waals surface area contributed by atoms with E-state index in [0.717, 1.165) is 11.1 Å². The van der Waals surface area contributed by atoms with E-state index in [9.17, 15) is 10.2 Å². The van der Waals surface area contributed by atoms with Gasteiger partial charge in [0.05, 0.1) is 6.10 Å². The lowest BCUT2D eigenvalue weighted by Gasteiger charge is -1.99. The van der Waals surface area contributed by atoms with Gasteiger partial charge in [-0.05, 0) is 23.6 Å². The van der Waals surface area contributed by atoms with Gasteiger partial charge >= 0.3 is 0 Å². The van der Waals surface area contributed by atoms with Crippen LogP contribution in [0.1, 0.15) is 11.1 Å². The van der Waals surface area contributed by atoms with E-state index in [2.05, 4.69) is 0 Å². The first kappa shape index (κ1) is 6.68. The zero-order valence-electron chi connectivity index (χ0n) is 6.12. The van der Waals surface area contributed by atoms with Gasteiger partial charge in [-0.1, -0.05) is 12.1 Å². The number of aliphatic hydroxyl groups is 1. The van der Waals surface area contributed by atoms with Gasteiger partial charge in [0.15, 0.2) is 0 Å². The Morgan fingerprint density at radius 1 is 1.27 bits per heavy atom. The van der Waals surface area contributed by atoms with E-state index in [0.29, 0.717) is 18.6 Å². The number of hydrogen-bond donors (Lipinski definition) is 2. The van der Waals surface area contributed by atoms with Crippen molar-refractivity contribution >= 4 is 0 Å². The van der Waals surface area contributed by atoms with Gasteiger partial charge in [-0.2, -0.15) is 0 Å². The second-order valence-corrected chi connectivity index (χ2v) is 2.98. The predicted molar refractivity (Wildman–Crippen MR) is 41.5 cm³/mol. The fraction of sp³-hybridized carbons (Fsp3) is 0.333. The van der Waals surface area contributed by atoms with Crippen molar-refractivity contribution < 1.29 is 10.2 Å². The van der Waals surface area contributed by atoms with Crippen LogP contribution in [0.2, 0.25) is 0 Å². The smallest absolute Gasteiger partial charge is 0.119 e. The third kappa shape index (κ3) is 0.994. The van der Waals surface area contributed by atoms with Gasteiger partial charge in [-0.15, -0.1) is 0 Å². The fourth-order valence-electron chi connectivity index (χ4n) is 1.61. The van der Waals surface area contributed by atoms with Crippen molar-refractivity contribution in [1.82, 2.24) is 0 Å². The first-order valence-corrected chi connectivity index (χ1v) is 3.75. The number of benzene rings is 1. The van der Waals surface area contributed by atoms with E-state index < -0.39 is 0 Å². The van der Waals surface area contributed by atoms with E-state index in [1.54, 1.807) is 6.07 Å². The predicted octanol–water partition coefficient (Wildman–Crippen LogP) is 0.852. The number of aromatic hydroxyl groups is 1. The molecule has 2 rings (SSSR count). The molecule has 1 aromatic carbocycles. The van der Waals surface area contributed by atoms with Crippen LogP contribution in [0.4, 0.5) is 0 Å². The van der Waals surface area contributed by atoms with Crippen LogP contribution in [0.3, 0.4) is 0 Å². The van der Waals surface area contributed by atoms with E-state index in [-0.39, 0.29) is 6.10 Å². The summed E-state index contributed by atoms with van der Waals surface area (Å²) in [5, 5.41) is 18.6. The number of phenolic OH excluding ortho intramolecular Hbond substituents is 1. The Morgan fingerprint density at radius 3 is 2.82 bits per heavy atom. The molecule has 0 spiro atoms. The average Bonchev–Trinajstić information content (AvgIpc) is 2.31. The van der Waals surface area contributed by atoms with Crippen molar-refractivity contribution in [3.05, 3.63) is 29.3 Å². The highest BCUT2D eigenvalue weighted by molar-refractivity contribution is 5.43. The Morgan fingerprint density at radius 2 is 2.09 bits per heavy atom. The molecule has 2 N–H and O–H groups in total. The van der Waals surface area contributed by atoms with Gasteiger partial charge in [0, 0.05) is 6.42 Å². The maximum Gasteiger partial charge on any atom is 0.119 e. The summed E-state index contributed by atoms with van der Waals surface area (Å²) in [6.07, 6.45) is 0.990. The van der Waals surface area contributed by atoms with Crippen LogP contribution in [0, 0.1) is 0 Å². The molecule has 2 heteroatoms. The lowest BCUT2D eigenvalue weighted by atomic mass is 10.1. The third-order valence-electron chi connectivity index (χ3n) is 2.14.